The van der Waals surface area contributed by atoms with Crippen LogP contribution in [0.25, 0.3) is 0 Å². The van der Waals surface area contributed by atoms with Gasteiger partial charge < -0.3 is 14.2 Å². The summed E-state index contributed by atoms with van der Waals surface area (Å²) in [6.07, 6.45) is 2.64. The summed E-state index contributed by atoms with van der Waals surface area (Å²) in [5.74, 6) is 0. The fourth-order valence-corrected chi connectivity index (χ4v) is 4.98. The molecule has 0 bridgehead atoms. The average Bonchev–Trinajstić information content (AvgIpc) is 3.60. The van der Waals surface area contributed by atoms with Crippen LogP contribution in [0.4, 0.5) is 0 Å². The second-order valence-electron chi connectivity index (χ2n) is 8.39. The van der Waals surface area contributed by atoms with E-state index in [2.05, 4.69) is 57.2 Å². The first-order valence-corrected chi connectivity index (χ1v) is 10.1. The predicted octanol–water partition coefficient (Wildman–Crippen LogP) is 4.03. The third-order valence-corrected chi connectivity index (χ3v) is 6.87. The highest BCUT2D eigenvalue weighted by Gasteiger charge is 2.54. The molecule has 2 saturated heterocycles. The van der Waals surface area contributed by atoms with Crippen molar-refractivity contribution in [3.63, 3.8) is 0 Å². The lowest BCUT2D eigenvalue weighted by atomic mass is 9.68. The van der Waals surface area contributed by atoms with Gasteiger partial charge in [0.05, 0.1) is 25.9 Å². The molecule has 5 rings (SSSR count). The van der Waals surface area contributed by atoms with E-state index in [0.29, 0.717) is 6.61 Å². The van der Waals surface area contributed by atoms with Gasteiger partial charge in [-0.15, -0.1) is 0 Å². The Bertz CT molecular complexity index is 866. The van der Waals surface area contributed by atoms with Crippen molar-refractivity contribution in [2.24, 2.45) is 0 Å². The van der Waals surface area contributed by atoms with E-state index >= 15 is 0 Å². The van der Waals surface area contributed by atoms with Crippen LogP contribution in [0.2, 0.25) is 0 Å². The molecule has 27 heavy (non-hydrogen) atoms. The first kappa shape index (κ1) is 17.4. The maximum absolute atomic E-state index is 6.56. The Morgan fingerprint density at radius 2 is 1.78 bits per heavy atom. The van der Waals surface area contributed by atoms with Crippen LogP contribution in [0.15, 0.2) is 36.4 Å². The van der Waals surface area contributed by atoms with E-state index in [1.165, 1.54) is 33.4 Å². The van der Waals surface area contributed by atoms with Crippen molar-refractivity contribution in [2.75, 3.05) is 19.8 Å². The van der Waals surface area contributed by atoms with Gasteiger partial charge in [-0.2, -0.15) is 0 Å². The number of ether oxygens (including phenoxy) is 3. The van der Waals surface area contributed by atoms with Crippen molar-refractivity contribution in [1.29, 1.82) is 0 Å². The van der Waals surface area contributed by atoms with Gasteiger partial charge in [-0.3, -0.25) is 0 Å². The second kappa shape index (κ2) is 6.44. The fraction of sp³-hybridized carbons (Fsp3) is 0.500. The zero-order valence-corrected chi connectivity index (χ0v) is 16.5. The summed E-state index contributed by atoms with van der Waals surface area (Å²) >= 11 is 0. The van der Waals surface area contributed by atoms with E-state index in [4.69, 9.17) is 14.2 Å². The highest BCUT2D eigenvalue weighted by Crippen LogP contribution is 2.51. The largest absolute Gasteiger partial charge is 0.371 e. The maximum atomic E-state index is 6.56. The molecule has 3 nitrogen and oxygen atoms in total. The highest BCUT2D eigenvalue weighted by atomic mass is 16.6. The van der Waals surface area contributed by atoms with Crippen molar-refractivity contribution in [1.82, 2.24) is 0 Å². The van der Waals surface area contributed by atoms with Crippen LogP contribution in [-0.2, 0) is 26.0 Å². The molecule has 142 valence electrons. The Hall–Kier alpha value is -1.68. The Balaban J connectivity index is 1.67. The Labute approximate surface area is 161 Å². The Morgan fingerprint density at radius 1 is 1.00 bits per heavy atom. The second-order valence-corrected chi connectivity index (χ2v) is 8.39. The maximum Gasteiger partial charge on any atom is 0.108 e. The average molecular weight is 364 g/mol. The van der Waals surface area contributed by atoms with Crippen molar-refractivity contribution in [2.45, 2.75) is 57.3 Å². The molecule has 0 N–H and O–H groups in total. The number of hydrogen-bond acceptors (Lipinski definition) is 3. The number of benzene rings is 2. The van der Waals surface area contributed by atoms with Crippen molar-refractivity contribution in [3.05, 3.63) is 69.8 Å². The monoisotopic (exact) mass is 364 g/mol. The quantitative estimate of drug-likeness (QED) is 0.726. The summed E-state index contributed by atoms with van der Waals surface area (Å²) in [5.41, 5.74) is 8.27. The van der Waals surface area contributed by atoms with Gasteiger partial charge >= 0.3 is 0 Å². The first-order valence-electron chi connectivity index (χ1n) is 10.1. The molecule has 3 aliphatic rings. The highest BCUT2D eigenvalue weighted by molar-refractivity contribution is 5.54. The van der Waals surface area contributed by atoms with Crippen LogP contribution >= 0.6 is 0 Å². The molecule has 4 unspecified atom stereocenters. The number of hydrogen-bond donors (Lipinski definition) is 0. The molecule has 0 aromatic heterocycles. The molecule has 0 spiro atoms. The lowest BCUT2D eigenvalue weighted by Crippen LogP contribution is -2.45. The summed E-state index contributed by atoms with van der Waals surface area (Å²) in [4.78, 5) is 0. The van der Waals surface area contributed by atoms with Crippen molar-refractivity contribution in [3.8, 4) is 0 Å². The molecule has 4 atom stereocenters. The topological polar surface area (TPSA) is 34.3 Å². The summed E-state index contributed by atoms with van der Waals surface area (Å²) in [6, 6.07) is 13.5. The lowest BCUT2D eigenvalue weighted by Gasteiger charge is -2.40. The van der Waals surface area contributed by atoms with Crippen LogP contribution in [0.1, 0.15) is 39.8 Å². The van der Waals surface area contributed by atoms with Gasteiger partial charge in [0.25, 0.3) is 0 Å². The van der Waals surface area contributed by atoms with E-state index < -0.39 is 0 Å². The minimum Gasteiger partial charge on any atom is -0.371 e. The van der Waals surface area contributed by atoms with Crippen molar-refractivity contribution < 1.29 is 14.2 Å². The third kappa shape index (κ3) is 2.84. The molecule has 1 aliphatic carbocycles. The number of rotatable bonds is 6. The first-order chi connectivity index (χ1) is 13.1. The Morgan fingerprint density at radius 3 is 2.52 bits per heavy atom. The lowest BCUT2D eigenvalue weighted by molar-refractivity contribution is -0.0158. The molecule has 2 aromatic carbocycles. The summed E-state index contributed by atoms with van der Waals surface area (Å²) in [7, 11) is 0. The van der Waals surface area contributed by atoms with E-state index in [1.807, 2.05) is 0 Å². The smallest absolute Gasteiger partial charge is 0.108 e. The van der Waals surface area contributed by atoms with Crippen LogP contribution in [0, 0.1) is 20.8 Å². The summed E-state index contributed by atoms with van der Waals surface area (Å²) < 4.78 is 17.8. The van der Waals surface area contributed by atoms with Gasteiger partial charge in [0, 0.05) is 5.41 Å². The summed E-state index contributed by atoms with van der Waals surface area (Å²) in [6.45, 7) is 9.00. The van der Waals surface area contributed by atoms with E-state index in [9.17, 15) is 0 Å². The van der Waals surface area contributed by atoms with Gasteiger partial charge in [-0.1, -0.05) is 36.4 Å². The zero-order valence-electron chi connectivity index (χ0n) is 16.5. The molecule has 2 aromatic rings. The minimum absolute atomic E-state index is 0.0335. The van der Waals surface area contributed by atoms with E-state index in [1.54, 1.807) is 0 Å². The molecular formula is C24H28O3. The van der Waals surface area contributed by atoms with Crippen molar-refractivity contribution >= 4 is 0 Å². The molecule has 2 heterocycles. The number of epoxide rings is 2. The van der Waals surface area contributed by atoms with Gasteiger partial charge in [-0.05, 0) is 67.0 Å². The Kier molecular flexibility index (Phi) is 4.15. The minimum atomic E-state index is -0.144. The third-order valence-electron chi connectivity index (χ3n) is 6.87. The normalized spacial score (nSPS) is 29.4. The van der Waals surface area contributed by atoms with E-state index in [-0.39, 0.29) is 23.7 Å². The SMILES string of the molecule is Cc1ccc(C2(C(OCC3CO3)C3CO3)CCc3ccccc32)c(C)c1C. The van der Waals surface area contributed by atoms with Gasteiger partial charge in [0.1, 0.15) is 12.2 Å². The fourth-order valence-electron chi connectivity index (χ4n) is 4.98. The summed E-state index contributed by atoms with van der Waals surface area (Å²) in [5, 5.41) is 0. The van der Waals surface area contributed by atoms with Gasteiger partial charge in [0.15, 0.2) is 0 Å². The molecular weight excluding hydrogens is 336 g/mol. The van der Waals surface area contributed by atoms with E-state index in [0.717, 1.165) is 26.1 Å². The number of fused-ring (bicyclic) bond motifs is 1. The molecule has 0 saturated carbocycles. The van der Waals surface area contributed by atoms with Crippen LogP contribution in [-0.4, -0.2) is 38.1 Å². The molecule has 2 aliphatic heterocycles. The number of aryl methyl sites for hydroxylation is 2. The molecule has 0 amide bonds. The molecule has 3 heteroatoms. The standard InChI is InChI=1S/C24H28O3/c1-15-8-9-20(17(3)16(15)2)24(11-10-18-6-4-5-7-21(18)24)23(22-14-26-22)27-13-19-12-25-19/h4-9,19,22-23H,10-14H2,1-3H3. The zero-order chi connectivity index (χ0) is 18.6. The van der Waals surface area contributed by atoms with Crippen LogP contribution in [0.3, 0.4) is 0 Å². The molecule has 2 fully saturated rings. The predicted molar refractivity (Wildman–Crippen MR) is 105 cm³/mol. The van der Waals surface area contributed by atoms with Crippen LogP contribution in [0.5, 0.6) is 0 Å². The van der Waals surface area contributed by atoms with Gasteiger partial charge in [-0.25, -0.2) is 0 Å². The van der Waals surface area contributed by atoms with Crippen LogP contribution < -0.4 is 0 Å². The molecule has 0 radical (unpaired) electrons. The van der Waals surface area contributed by atoms with Gasteiger partial charge in [0.2, 0.25) is 0 Å².